The largest absolute Gasteiger partial charge is 0.324 e. The molecule has 0 aliphatic carbocycles. The quantitative estimate of drug-likeness (QED) is 0.623. The average Bonchev–Trinajstić information content (AvgIpc) is 3.16. The summed E-state index contributed by atoms with van der Waals surface area (Å²) in [5.74, 6) is 1.10. The first kappa shape index (κ1) is 16.9. The van der Waals surface area contributed by atoms with E-state index >= 15 is 0 Å². The maximum Gasteiger partial charge on any atom is 0.227 e. The summed E-state index contributed by atoms with van der Waals surface area (Å²) in [5, 5.41) is 0.633. The van der Waals surface area contributed by atoms with Gasteiger partial charge in [-0.15, -0.1) is 0 Å². The first-order chi connectivity index (χ1) is 12.5. The van der Waals surface area contributed by atoms with Crippen LogP contribution in [0.1, 0.15) is 25.1 Å². The van der Waals surface area contributed by atoms with Crippen molar-refractivity contribution in [2.24, 2.45) is 0 Å². The van der Waals surface area contributed by atoms with E-state index in [1.54, 1.807) is 4.90 Å². The van der Waals surface area contributed by atoms with Crippen LogP contribution >= 0.6 is 11.6 Å². The lowest BCUT2D eigenvalue weighted by molar-refractivity contribution is -0.117. The highest BCUT2D eigenvalue weighted by molar-refractivity contribution is 6.30. The highest BCUT2D eigenvalue weighted by Crippen LogP contribution is 2.34. The summed E-state index contributed by atoms with van der Waals surface area (Å²) in [6, 6.07) is 15.5. The fraction of sp³-hybridized carbons (Fsp3) is 0.238. The molecule has 2 aromatic carbocycles. The summed E-state index contributed by atoms with van der Waals surface area (Å²) in [5.41, 5.74) is 3.94. The molecule has 26 heavy (non-hydrogen) atoms. The van der Waals surface area contributed by atoms with Crippen LogP contribution in [0.4, 0.5) is 5.69 Å². The van der Waals surface area contributed by atoms with Crippen LogP contribution in [0.2, 0.25) is 5.02 Å². The van der Waals surface area contributed by atoms with Gasteiger partial charge in [-0.3, -0.25) is 4.79 Å². The van der Waals surface area contributed by atoms with Crippen molar-refractivity contribution in [1.29, 1.82) is 0 Å². The number of para-hydroxylation sites is 2. The van der Waals surface area contributed by atoms with E-state index in [1.165, 1.54) is 0 Å². The number of nitrogens with zero attached hydrogens (tertiary/aromatic N) is 3. The molecule has 1 aliphatic rings. The topological polar surface area (TPSA) is 38.1 Å². The molecule has 1 unspecified atom stereocenters. The molecule has 0 N–H and O–H groups in total. The van der Waals surface area contributed by atoms with Crippen molar-refractivity contribution in [3.05, 3.63) is 71.5 Å². The maximum absolute atomic E-state index is 12.6. The standard InChI is InChI=1S/C21H20ClN3O/c1-14(2)12-25-19-9-4-3-8-18(19)23-21(25)15-10-20(26)24(13-15)17-7-5-6-16(22)11-17/h3-9,11,15H,1,10,12-13H2,2H3. The van der Waals surface area contributed by atoms with Gasteiger partial charge in [-0.2, -0.15) is 0 Å². The number of imidazole rings is 1. The Morgan fingerprint density at radius 1 is 1.27 bits per heavy atom. The minimum absolute atomic E-state index is 0.0493. The predicted octanol–water partition coefficient (Wildman–Crippen LogP) is 4.79. The molecular formula is C21H20ClN3O. The Kier molecular flexibility index (Phi) is 4.29. The molecule has 1 saturated heterocycles. The summed E-state index contributed by atoms with van der Waals surface area (Å²) in [6.45, 7) is 7.38. The molecule has 0 radical (unpaired) electrons. The number of hydrogen-bond acceptors (Lipinski definition) is 2. The van der Waals surface area contributed by atoms with Gasteiger partial charge >= 0.3 is 0 Å². The number of carbonyl (C=O) groups is 1. The first-order valence-electron chi connectivity index (χ1n) is 8.68. The second kappa shape index (κ2) is 6.61. The van der Waals surface area contributed by atoms with Crippen molar-refractivity contribution < 1.29 is 4.79 Å². The number of anilines is 1. The van der Waals surface area contributed by atoms with Crippen LogP contribution in [0.15, 0.2) is 60.7 Å². The van der Waals surface area contributed by atoms with Gasteiger partial charge in [0.05, 0.1) is 11.0 Å². The Hall–Kier alpha value is -2.59. The fourth-order valence-electron chi connectivity index (χ4n) is 3.62. The number of hydrogen-bond donors (Lipinski definition) is 0. The summed E-state index contributed by atoms with van der Waals surface area (Å²) in [6.07, 6.45) is 0.450. The molecule has 132 valence electrons. The Balaban J connectivity index is 1.72. The second-order valence-electron chi connectivity index (χ2n) is 6.89. The molecule has 1 atom stereocenters. The lowest BCUT2D eigenvalue weighted by atomic mass is 10.1. The van der Waals surface area contributed by atoms with E-state index in [9.17, 15) is 4.79 Å². The molecule has 1 aliphatic heterocycles. The minimum Gasteiger partial charge on any atom is -0.324 e. The van der Waals surface area contributed by atoms with E-state index in [4.69, 9.17) is 16.6 Å². The summed E-state index contributed by atoms with van der Waals surface area (Å²) in [7, 11) is 0. The third-order valence-corrected chi connectivity index (χ3v) is 4.96. The Morgan fingerprint density at radius 3 is 2.85 bits per heavy atom. The molecule has 5 heteroatoms. The van der Waals surface area contributed by atoms with Gasteiger partial charge in [-0.25, -0.2) is 4.98 Å². The van der Waals surface area contributed by atoms with E-state index < -0.39 is 0 Å². The van der Waals surface area contributed by atoms with Crippen LogP contribution < -0.4 is 4.90 Å². The summed E-state index contributed by atoms with van der Waals surface area (Å²) < 4.78 is 2.19. The number of rotatable bonds is 4. The zero-order chi connectivity index (χ0) is 18.3. The van der Waals surface area contributed by atoms with Gasteiger partial charge in [0.1, 0.15) is 5.82 Å². The molecule has 1 fully saturated rings. The number of amides is 1. The minimum atomic E-state index is 0.0493. The number of aromatic nitrogens is 2. The van der Waals surface area contributed by atoms with Gasteiger partial charge in [0, 0.05) is 36.1 Å². The van der Waals surface area contributed by atoms with Crippen molar-refractivity contribution in [2.45, 2.75) is 25.8 Å². The molecule has 0 saturated carbocycles. The molecule has 4 nitrogen and oxygen atoms in total. The van der Waals surface area contributed by atoms with Gasteiger partial charge in [0.2, 0.25) is 5.91 Å². The molecule has 0 spiro atoms. The summed E-state index contributed by atoms with van der Waals surface area (Å²) in [4.78, 5) is 19.3. The monoisotopic (exact) mass is 365 g/mol. The second-order valence-corrected chi connectivity index (χ2v) is 7.32. The van der Waals surface area contributed by atoms with E-state index in [2.05, 4.69) is 17.2 Å². The lowest BCUT2D eigenvalue weighted by Crippen LogP contribution is -2.24. The van der Waals surface area contributed by atoms with Crippen LogP contribution in [0.3, 0.4) is 0 Å². The number of halogens is 1. The first-order valence-corrected chi connectivity index (χ1v) is 9.06. The SMILES string of the molecule is C=C(C)Cn1c(C2CC(=O)N(c3cccc(Cl)c3)C2)nc2ccccc21. The van der Waals surface area contributed by atoms with E-state index in [1.807, 2.05) is 49.4 Å². The molecule has 0 bridgehead atoms. The summed E-state index contributed by atoms with van der Waals surface area (Å²) >= 11 is 6.10. The Labute approximate surface area is 157 Å². The van der Waals surface area contributed by atoms with Crippen molar-refractivity contribution in [3.63, 3.8) is 0 Å². The predicted molar refractivity (Wildman–Crippen MR) is 106 cm³/mol. The molecule has 4 rings (SSSR count). The maximum atomic E-state index is 12.6. The van der Waals surface area contributed by atoms with Crippen LogP contribution in [-0.2, 0) is 11.3 Å². The van der Waals surface area contributed by atoms with E-state index in [0.29, 0.717) is 24.5 Å². The smallest absolute Gasteiger partial charge is 0.227 e. The average molecular weight is 366 g/mol. The third kappa shape index (κ3) is 3.01. The molecule has 2 heterocycles. The number of benzene rings is 2. The van der Waals surface area contributed by atoms with Gasteiger partial charge in [0.15, 0.2) is 0 Å². The van der Waals surface area contributed by atoms with E-state index in [-0.39, 0.29) is 11.8 Å². The third-order valence-electron chi connectivity index (χ3n) is 4.72. The van der Waals surface area contributed by atoms with Crippen molar-refractivity contribution >= 4 is 34.2 Å². The fourth-order valence-corrected chi connectivity index (χ4v) is 3.80. The van der Waals surface area contributed by atoms with Crippen LogP contribution in [-0.4, -0.2) is 22.0 Å². The van der Waals surface area contributed by atoms with Crippen molar-refractivity contribution in [2.75, 3.05) is 11.4 Å². The van der Waals surface area contributed by atoms with Gasteiger partial charge in [-0.1, -0.05) is 42.0 Å². The van der Waals surface area contributed by atoms with Gasteiger partial charge in [-0.05, 0) is 37.3 Å². The van der Waals surface area contributed by atoms with Crippen LogP contribution in [0.25, 0.3) is 11.0 Å². The molecule has 3 aromatic rings. The zero-order valence-electron chi connectivity index (χ0n) is 14.7. The molecule has 1 aromatic heterocycles. The van der Waals surface area contributed by atoms with Crippen LogP contribution in [0.5, 0.6) is 0 Å². The lowest BCUT2D eigenvalue weighted by Gasteiger charge is -2.17. The highest BCUT2D eigenvalue weighted by atomic mass is 35.5. The van der Waals surface area contributed by atoms with Crippen molar-refractivity contribution in [1.82, 2.24) is 9.55 Å². The Bertz CT molecular complexity index is 1010. The number of fused-ring (bicyclic) bond motifs is 1. The number of carbonyl (C=O) groups excluding carboxylic acids is 1. The Morgan fingerprint density at radius 2 is 2.08 bits per heavy atom. The van der Waals surface area contributed by atoms with Gasteiger partial charge in [0.25, 0.3) is 0 Å². The number of allylic oxidation sites excluding steroid dienone is 1. The normalized spacial score (nSPS) is 17.2. The highest BCUT2D eigenvalue weighted by Gasteiger charge is 2.34. The van der Waals surface area contributed by atoms with E-state index in [0.717, 1.165) is 28.1 Å². The van der Waals surface area contributed by atoms with Crippen molar-refractivity contribution in [3.8, 4) is 0 Å². The molecule has 1 amide bonds. The zero-order valence-corrected chi connectivity index (χ0v) is 15.4. The van der Waals surface area contributed by atoms with Gasteiger partial charge < -0.3 is 9.47 Å². The van der Waals surface area contributed by atoms with Crippen LogP contribution in [0, 0.1) is 0 Å². The molecular weight excluding hydrogens is 346 g/mol.